The Balaban J connectivity index is 1.68. The third-order valence-corrected chi connectivity index (χ3v) is 4.99. The van der Waals surface area contributed by atoms with Crippen molar-refractivity contribution in [2.24, 2.45) is 0 Å². The standard InChI is InChI=1S/C20H20ClN3O3/c1-25-17-11-15(10-16(21)18(17)26-2)19-23-20(27-24-19)14-4-3-12-5-7-22-8-6-13(12)9-14/h3-4,9-11,22H,5-8H2,1-2H3. The second kappa shape index (κ2) is 7.58. The van der Waals surface area contributed by atoms with Gasteiger partial charge in [-0.05, 0) is 61.3 Å². The third-order valence-electron chi connectivity index (χ3n) is 4.71. The maximum absolute atomic E-state index is 6.28. The molecular formula is C20H20ClN3O3. The van der Waals surface area contributed by atoms with Gasteiger partial charge in [-0.1, -0.05) is 22.8 Å². The minimum atomic E-state index is 0.427. The Morgan fingerprint density at radius 1 is 1.00 bits per heavy atom. The third kappa shape index (κ3) is 3.50. The van der Waals surface area contributed by atoms with E-state index in [9.17, 15) is 0 Å². The molecule has 1 aliphatic heterocycles. The maximum Gasteiger partial charge on any atom is 0.258 e. The summed E-state index contributed by atoms with van der Waals surface area (Å²) in [6, 6.07) is 9.83. The normalized spacial score (nSPS) is 13.7. The molecule has 0 spiro atoms. The largest absolute Gasteiger partial charge is 0.493 e. The van der Waals surface area contributed by atoms with Gasteiger partial charge in [-0.25, -0.2) is 0 Å². The van der Waals surface area contributed by atoms with E-state index in [1.165, 1.54) is 11.1 Å². The number of hydrogen-bond acceptors (Lipinski definition) is 6. The molecule has 2 aromatic carbocycles. The molecule has 2 heterocycles. The highest BCUT2D eigenvalue weighted by Gasteiger charge is 2.17. The van der Waals surface area contributed by atoms with Gasteiger partial charge >= 0.3 is 0 Å². The first-order valence-electron chi connectivity index (χ1n) is 8.78. The van der Waals surface area contributed by atoms with Crippen molar-refractivity contribution in [3.05, 3.63) is 46.5 Å². The predicted molar refractivity (Wildman–Crippen MR) is 104 cm³/mol. The molecule has 0 unspecified atom stereocenters. The lowest BCUT2D eigenvalue weighted by Crippen LogP contribution is -2.16. The number of nitrogens with zero attached hydrogens (tertiary/aromatic N) is 2. The molecule has 3 aromatic rings. The van der Waals surface area contributed by atoms with Crippen molar-refractivity contribution < 1.29 is 14.0 Å². The lowest BCUT2D eigenvalue weighted by molar-refractivity contribution is 0.355. The molecule has 6 nitrogen and oxygen atoms in total. The highest BCUT2D eigenvalue weighted by atomic mass is 35.5. The van der Waals surface area contributed by atoms with Gasteiger partial charge in [-0.15, -0.1) is 0 Å². The first-order chi connectivity index (χ1) is 13.2. The van der Waals surface area contributed by atoms with Crippen molar-refractivity contribution in [2.45, 2.75) is 12.8 Å². The average molecular weight is 386 g/mol. The smallest absolute Gasteiger partial charge is 0.258 e. The number of rotatable bonds is 4. The molecule has 0 atom stereocenters. The van der Waals surface area contributed by atoms with Gasteiger partial charge in [-0.2, -0.15) is 4.98 Å². The number of nitrogens with one attached hydrogen (secondary N) is 1. The van der Waals surface area contributed by atoms with Crippen LogP contribution in [0.5, 0.6) is 11.5 Å². The summed E-state index contributed by atoms with van der Waals surface area (Å²) in [5, 5.41) is 7.96. The van der Waals surface area contributed by atoms with Gasteiger partial charge in [0.05, 0.1) is 19.2 Å². The quantitative estimate of drug-likeness (QED) is 0.737. The van der Waals surface area contributed by atoms with Crippen molar-refractivity contribution in [3.8, 4) is 34.3 Å². The molecule has 1 aliphatic rings. The molecular weight excluding hydrogens is 366 g/mol. The van der Waals surface area contributed by atoms with Crippen LogP contribution in [-0.4, -0.2) is 37.4 Å². The predicted octanol–water partition coefficient (Wildman–Crippen LogP) is 3.76. The van der Waals surface area contributed by atoms with Gasteiger partial charge in [0.25, 0.3) is 5.89 Å². The van der Waals surface area contributed by atoms with Crippen LogP contribution < -0.4 is 14.8 Å². The Bertz CT molecular complexity index is 971. The molecule has 0 bridgehead atoms. The Morgan fingerprint density at radius 3 is 2.59 bits per heavy atom. The molecule has 7 heteroatoms. The number of aromatic nitrogens is 2. The van der Waals surface area contributed by atoms with Crippen LogP contribution in [0, 0.1) is 0 Å². The number of benzene rings is 2. The van der Waals surface area contributed by atoms with Crippen LogP contribution in [0.25, 0.3) is 22.8 Å². The summed E-state index contributed by atoms with van der Waals surface area (Å²) in [6.07, 6.45) is 2.03. The first-order valence-corrected chi connectivity index (χ1v) is 9.16. The summed E-state index contributed by atoms with van der Waals surface area (Å²) >= 11 is 6.28. The molecule has 1 aromatic heterocycles. The van der Waals surface area contributed by atoms with Crippen LogP contribution in [-0.2, 0) is 12.8 Å². The van der Waals surface area contributed by atoms with Crippen LogP contribution >= 0.6 is 11.6 Å². The highest BCUT2D eigenvalue weighted by Crippen LogP contribution is 2.39. The number of methoxy groups -OCH3 is 2. The zero-order chi connectivity index (χ0) is 18.8. The van der Waals surface area contributed by atoms with Crippen LogP contribution in [0.4, 0.5) is 0 Å². The zero-order valence-corrected chi connectivity index (χ0v) is 16.0. The van der Waals surface area contributed by atoms with Gasteiger partial charge in [0.15, 0.2) is 11.5 Å². The van der Waals surface area contributed by atoms with Crippen molar-refractivity contribution in [1.82, 2.24) is 15.5 Å². The van der Waals surface area contributed by atoms with E-state index in [0.717, 1.165) is 31.5 Å². The second-order valence-electron chi connectivity index (χ2n) is 6.35. The lowest BCUT2D eigenvalue weighted by Gasteiger charge is -2.10. The van der Waals surface area contributed by atoms with Crippen molar-refractivity contribution in [1.29, 1.82) is 0 Å². The molecule has 140 valence electrons. The van der Waals surface area contributed by atoms with E-state index < -0.39 is 0 Å². The van der Waals surface area contributed by atoms with E-state index in [1.54, 1.807) is 26.4 Å². The molecule has 0 fully saturated rings. The number of ether oxygens (including phenoxy) is 2. The molecule has 0 amide bonds. The van der Waals surface area contributed by atoms with Crippen LogP contribution in [0.2, 0.25) is 5.02 Å². The Morgan fingerprint density at radius 2 is 1.81 bits per heavy atom. The molecule has 0 saturated carbocycles. The Hall–Kier alpha value is -2.57. The van der Waals surface area contributed by atoms with Crippen molar-refractivity contribution >= 4 is 11.6 Å². The van der Waals surface area contributed by atoms with E-state index in [-0.39, 0.29) is 0 Å². The van der Waals surface area contributed by atoms with Gasteiger partial charge < -0.3 is 19.3 Å². The topological polar surface area (TPSA) is 69.4 Å². The SMILES string of the molecule is COc1cc(-c2noc(-c3ccc4c(c3)CCNCC4)n2)cc(Cl)c1OC. The number of hydrogen-bond donors (Lipinski definition) is 1. The zero-order valence-electron chi connectivity index (χ0n) is 15.2. The fourth-order valence-electron chi connectivity index (χ4n) is 3.31. The van der Waals surface area contributed by atoms with E-state index in [1.807, 2.05) is 6.07 Å². The molecule has 0 saturated heterocycles. The summed E-state index contributed by atoms with van der Waals surface area (Å²) < 4.78 is 16.1. The number of halogens is 1. The molecule has 1 N–H and O–H groups in total. The Kier molecular flexibility index (Phi) is 5.01. The maximum atomic E-state index is 6.28. The fourth-order valence-corrected chi connectivity index (χ4v) is 3.60. The van der Waals surface area contributed by atoms with Crippen molar-refractivity contribution in [2.75, 3.05) is 27.3 Å². The summed E-state index contributed by atoms with van der Waals surface area (Å²) in [6.45, 7) is 1.99. The lowest BCUT2D eigenvalue weighted by atomic mass is 10.00. The average Bonchev–Trinajstić information content (AvgIpc) is 3.06. The summed E-state index contributed by atoms with van der Waals surface area (Å²) in [7, 11) is 3.11. The van der Waals surface area contributed by atoms with Crippen LogP contribution in [0.15, 0.2) is 34.9 Å². The van der Waals surface area contributed by atoms with Crippen molar-refractivity contribution in [3.63, 3.8) is 0 Å². The summed E-state index contributed by atoms with van der Waals surface area (Å²) in [5.41, 5.74) is 4.31. The first kappa shape index (κ1) is 17.8. The summed E-state index contributed by atoms with van der Waals surface area (Å²) in [4.78, 5) is 4.55. The Labute approximate surface area is 162 Å². The van der Waals surface area contributed by atoms with E-state index >= 15 is 0 Å². The van der Waals surface area contributed by atoms with Crippen LogP contribution in [0.1, 0.15) is 11.1 Å². The molecule has 27 heavy (non-hydrogen) atoms. The minimum Gasteiger partial charge on any atom is -0.493 e. The highest BCUT2D eigenvalue weighted by molar-refractivity contribution is 6.32. The van der Waals surface area contributed by atoms with E-state index in [2.05, 4.69) is 27.6 Å². The number of fused-ring (bicyclic) bond motifs is 1. The van der Waals surface area contributed by atoms with E-state index in [0.29, 0.717) is 33.8 Å². The molecule has 0 aliphatic carbocycles. The minimum absolute atomic E-state index is 0.427. The second-order valence-corrected chi connectivity index (χ2v) is 6.76. The van der Waals surface area contributed by atoms with Gasteiger partial charge in [0.2, 0.25) is 5.82 Å². The fraction of sp³-hybridized carbons (Fsp3) is 0.300. The molecule has 4 rings (SSSR count). The van der Waals surface area contributed by atoms with E-state index in [4.69, 9.17) is 25.6 Å². The van der Waals surface area contributed by atoms with Crippen LogP contribution in [0.3, 0.4) is 0 Å². The summed E-state index contributed by atoms with van der Waals surface area (Å²) in [5.74, 6) is 1.93. The van der Waals surface area contributed by atoms with Gasteiger partial charge in [-0.3, -0.25) is 0 Å². The molecule has 0 radical (unpaired) electrons. The van der Waals surface area contributed by atoms with Gasteiger partial charge in [0, 0.05) is 11.1 Å². The van der Waals surface area contributed by atoms with Gasteiger partial charge in [0.1, 0.15) is 0 Å². The monoisotopic (exact) mass is 385 g/mol.